The number of carbonyl (C=O) groups is 1. The summed E-state index contributed by atoms with van der Waals surface area (Å²) in [6.45, 7) is 2.36. The average Bonchev–Trinajstić information content (AvgIpc) is 2.81. The van der Waals surface area contributed by atoms with Crippen molar-refractivity contribution in [1.82, 2.24) is 20.1 Å². The van der Waals surface area contributed by atoms with Crippen molar-refractivity contribution in [2.24, 2.45) is 7.05 Å². The van der Waals surface area contributed by atoms with E-state index < -0.39 is 0 Å². The molecule has 0 atom stereocenters. The molecular weight excluding hydrogens is 238 g/mol. The number of rotatable bonds is 3. The number of nitrogen functional groups attached to an aromatic ring is 1. The number of aromatic nitrogens is 3. The smallest absolute Gasteiger partial charge is 0.274 e. The van der Waals surface area contributed by atoms with Gasteiger partial charge in [0.15, 0.2) is 5.69 Å². The molecule has 17 heavy (non-hydrogen) atoms. The Kier molecular flexibility index (Phi) is 3.10. The molecule has 2 heterocycles. The van der Waals surface area contributed by atoms with E-state index >= 15 is 0 Å². The fourth-order valence-electron chi connectivity index (χ4n) is 1.42. The SMILES string of the molecule is Cc1ncsc1CNC(=O)c1nn(C)cc1N. The molecule has 2 aromatic rings. The first-order valence-corrected chi connectivity index (χ1v) is 5.92. The summed E-state index contributed by atoms with van der Waals surface area (Å²) in [6.07, 6.45) is 1.60. The monoisotopic (exact) mass is 251 g/mol. The molecule has 3 N–H and O–H groups in total. The second-order valence-electron chi connectivity index (χ2n) is 3.65. The zero-order valence-electron chi connectivity index (χ0n) is 9.60. The van der Waals surface area contributed by atoms with E-state index in [4.69, 9.17) is 5.73 Å². The lowest BCUT2D eigenvalue weighted by Crippen LogP contribution is -2.24. The van der Waals surface area contributed by atoms with Crippen molar-refractivity contribution in [1.29, 1.82) is 0 Å². The second kappa shape index (κ2) is 4.54. The first-order chi connectivity index (χ1) is 8.08. The molecule has 1 amide bonds. The van der Waals surface area contributed by atoms with Crippen LogP contribution in [0.15, 0.2) is 11.7 Å². The van der Waals surface area contributed by atoms with Gasteiger partial charge in [0.05, 0.1) is 23.4 Å². The summed E-state index contributed by atoms with van der Waals surface area (Å²) in [5.41, 5.74) is 9.00. The molecule has 2 rings (SSSR count). The predicted octanol–water partition coefficient (Wildman–Crippen LogP) is 0.697. The van der Waals surface area contributed by atoms with E-state index in [0.29, 0.717) is 12.2 Å². The van der Waals surface area contributed by atoms with Gasteiger partial charge in [-0.2, -0.15) is 5.10 Å². The molecule has 0 spiro atoms. The zero-order valence-corrected chi connectivity index (χ0v) is 10.4. The molecule has 0 radical (unpaired) electrons. The highest BCUT2D eigenvalue weighted by Gasteiger charge is 2.14. The molecule has 0 aliphatic carbocycles. The molecule has 0 saturated carbocycles. The van der Waals surface area contributed by atoms with Crippen LogP contribution >= 0.6 is 11.3 Å². The van der Waals surface area contributed by atoms with Crippen LogP contribution in [0.3, 0.4) is 0 Å². The third-order valence-electron chi connectivity index (χ3n) is 2.33. The maximum atomic E-state index is 11.8. The Labute approximate surface area is 102 Å². The van der Waals surface area contributed by atoms with Crippen molar-refractivity contribution in [3.05, 3.63) is 28.0 Å². The number of nitrogens with zero attached hydrogens (tertiary/aromatic N) is 3. The van der Waals surface area contributed by atoms with Gasteiger partial charge in [0, 0.05) is 18.1 Å². The quantitative estimate of drug-likeness (QED) is 0.840. The summed E-state index contributed by atoms with van der Waals surface area (Å²) in [5.74, 6) is -0.268. The van der Waals surface area contributed by atoms with Gasteiger partial charge in [0.2, 0.25) is 0 Å². The number of anilines is 1. The molecule has 0 bridgehead atoms. The predicted molar refractivity (Wildman–Crippen MR) is 65.6 cm³/mol. The lowest BCUT2D eigenvalue weighted by molar-refractivity contribution is 0.0946. The normalized spacial score (nSPS) is 10.5. The van der Waals surface area contributed by atoms with E-state index in [1.54, 1.807) is 18.8 Å². The summed E-state index contributed by atoms with van der Waals surface area (Å²) in [7, 11) is 1.72. The van der Waals surface area contributed by atoms with E-state index in [1.165, 1.54) is 16.0 Å². The molecular formula is C10H13N5OS. The maximum Gasteiger partial charge on any atom is 0.274 e. The number of thiazole rings is 1. The number of hydrogen-bond acceptors (Lipinski definition) is 5. The molecule has 0 aliphatic rings. The molecule has 2 aromatic heterocycles. The van der Waals surface area contributed by atoms with Gasteiger partial charge in [-0.1, -0.05) is 0 Å². The van der Waals surface area contributed by atoms with Crippen LogP contribution in [0.1, 0.15) is 21.1 Å². The molecule has 0 fully saturated rings. The first kappa shape index (κ1) is 11.6. The first-order valence-electron chi connectivity index (χ1n) is 5.04. The minimum absolute atomic E-state index is 0.259. The van der Waals surface area contributed by atoms with Gasteiger partial charge in [0.1, 0.15) is 0 Å². The summed E-state index contributed by atoms with van der Waals surface area (Å²) in [4.78, 5) is 16.9. The van der Waals surface area contributed by atoms with E-state index in [9.17, 15) is 4.79 Å². The maximum absolute atomic E-state index is 11.8. The van der Waals surface area contributed by atoms with Crippen molar-refractivity contribution >= 4 is 22.9 Å². The van der Waals surface area contributed by atoms with Crippen LogP contribution in [0.5, 0.6) is 0 Å². The Morgan fingerprint density at radius 2 is 2.41 bits per heavy atom. The zero-order chi connectivity index (χ0) is 12.4. The van der Waals surface area contributed by atoms with E-state index in [1.807, 2.05) is 6.92 Å². The highest BCUT2D eigenvalue weighted by Crippen LogP contribution is 2.12. The number of nitrogens with two attached hydrogens (primary N) is 1. The van der Waals surface area contributed by atoms with Crippen molar-refractivity contribution in [2.45, 2.75) is 13.5 Å². The van der Waals surface area contributed by atoms with Crippen molar-refractivity contribution in [3.8, 4) is 0 Å². The largest absolute Gasteiger partial charge is 0.396 e. The van der Waals surface area contributed by atoms with Crippen LogP contribution in [-0.4, -0.2) is 20.7 Å². The van der Waals surface area contributed by atoms with Crippen LogP contribution < -0.4 is 11.1 Å². The minimum Gasteiger partial charge on any atom is -0.396 e. The fraction of sp³-hybridized carbons (Fsp3) is 0.300. The lowest BCUT2D eigenvalue weighted by Gasteiger charge is -2.02. The molecule has 0 unspecified atom stereocenters. The molecule has 0 aliphatic heterocycles. The number of amides is 1. The standard InChI is InChI=1S/C10H13N5OS/c1-6-8(17-5-13-6)3-12-10(16)9-7(11)4-15(2)14-9/h4-5H,3,11H2,1-2H3,(H,12,16). The topological polar surface area (TPSA) is 85.8 Å². The van der Waals surface area contributed by atoms with Gasteiger partial charge in [-0.05, 0) is 6.92 Å². The third-order valence-corrected chi connectivity index (χ3v) is 3.26. The highest BCUT2D eigenvalue weighted by atomic mass is 32.1. The van der Waals surface area contributed by atoms with E-state index in [2.05, 4.69) is 15.4 Å². The molecule has 7 heteroatoms. The summed E-state index contributed by atoms with van der Waals surface area (Å²) in [6, 6.07) is 0. The van der Waals surface area contributed by atoms with Gasteiger partial charge >= 0.3 is 0 Å². The van der Waals surface area contributed by atoms with Crippen LogP contribution in [0.2, 0.25) is 0 Å². The lowest BCUT2D eigenvalue weighted by atomic mass is 10.3. The number of carbonyl (C=O) groups excluding carboxylic acids is 1. The average molecular weight is 251 g/mol. The molecule has 0 aromatic carbocycles. The summed E-state index contributed by atoms with van der Waals surface area (Å²) >= 11 is 1.51. The van der Waals surface area contributed by atoms with Gasteiger partial charge in [0.25, 0.3) is 5.91 Å². The Balaban J connectivity index is 2.03. The fourth-order valence-corrected chi connectivity index (χ4v) is 2.14. The number of aryl methyl sites for hydroxylation is 2. The summed E-state index contributed by atoms with van der Waals surface area (Å²) < 4.78 is 1.52. The van der Waals surface area contributed by atoms with Crippen molar-refractivity contribution < 1.29 is 4.79 Å². The van der Waals surface area contributed by atoms with Gasteiger partial charge < -0.3 is 11.1 Å². The summed E-state index contributed by atoms with van der Waals surface area (Å²) in [5, 5.41) is 6.77. The highest BCUT2D eigenvalue weighted by molar-refractivity contribution is 7.09. The van der Waals surface area contributed by atoms with Gasteiger partial charge in [-0.15, -0.1) is 11.3 Å². The Bertz CT molecular complexity index is 545. The van der Waals surface area contributed by atoms with Crippen molar-refractivity contribution in [3.63, 3.8) is 0 Å². The van der Waals surface area contributed by atoms with Crippen molar-refractivity contribution in [2.75, 3.05) is 5.73 Å². The van der Waals surface area contributed by atoms with Crippen LogP contribution in [0.4, 0.5) is 5.69 Å². The number of hydrogen-bond donors (Lipinski definition) is 2. The Morgan fingerprint density at radius 3 is 2.94 bits per heavy atom. The van der Waals surface area contributed by atoms with Crippen LogP contribution in [0, 0.1) is 6.92 Å². The van der Waals surface area contributed by atoms with Gasteiger partial charge in [-0.25, -0.2) is 4.98 Å². The van der Waals surface area contributed by atoms with Gasteiger partial charge in [-0.3, -0.25) is 9.48 Å². The van der Waals surface area contributed by atoms with Crippen LogP contribution in [0.25, 0.3) is 0 Å². The Morgan fingerprint density at radius 1 is 1.65 bits per heavy atom. The molecule has 90 valence electrons. The Hall–Kier alpha value is -1.89. The van der Waals surface area contributed by atoms with Crippen LogP contribution in [-0.2, 0) is 13.6 Å². The van der Waals surface area contributed by atoms with E-state index in [-0.39, 0.29) is 11.6 Å². The minimum atomic E-state index is -0.268. The second-order valence-corrected chi connectivity index (χ2v) is 4.59. The third kappa shape index (κ3) is 2.44. The number of nitrogens with one attached hydrogen (secondary N) is 1. The van der Waals surface area contributed by atoms with E-state index in [0.717, 1.165) is 10.6 Å². The molecule has 0 saturated heterocycles. The molecule has 6 nitrogen and oxygen atoms in total.